The van der Waals surface area contributed by atoms with Crippen molar-refractivity contribution < 1.29 is 14.7 Å². The van der Waals surface area contributed by atoms with Crippen LogP contribution in [0.4, 0.5) is 10.5 Å². The minimum absolute atomic E-state index is 0.303. The summed E-state index contributed by atoms with van der Waals surface area (Å²) in [7, 11) is 0. The molecule has 0 bridgehead atoms. The molecule has 21 heavy (non-hydrogen) atoms. The number of benzene rings is 1. The van der Waals surface area contributed by atoms with Crippen LogP contribution in [0.25, 0.3) is 6.08 Å². The van der Waals surface area contributed by atoms with Gasteiger partial charge in [-0.15, -0.1) is 11.3 Å². The molecule has 0 aliphatic rings. The lowest BCUT2D eigenvalue weighted by Gasteiger charge is -2.07. The van der Waals surface area contributed by atoms with Gasteiger partial charge in [-0.05, 0) is 35.2 Å². The highest BCUT2D eigenvalue weighted by atomic mass is 32.1. The van der Waals surface area contributed by atoms with Crippen LogP contribution in [0.5, 0.6) is 0 Å². The molecule has 0 atom stereocenters. The van der Waals surface area contributed by atoms with Crippen molar-refractivity contribution >= 4 is 35.1 Å². The van der Waals surface area contributed by atoms with Crippen LogP contribution in [-0.4, -0.2) is 17.1 Å². The van der Waals surface area contributed by atoms with E-state index < -0.39 is 5.97 Å². The van der Waals surface area contributed by atoms with Crippen LogP contribution in [0.3, 0.4) is 0 Å². The topological polar surface area (TPSA) is 78.4 Å². The summed E-state index contributed by atoms with van der Waals surface area (Å²) in [6.07, 6.45) is 2.60. The first-order valence-corrected chi connectivity index (χ1v) is 7.10. The Morgan fingerprint density at radius 3 is 2.67 bits per heavy atom. The Labute approximate surface area is 125 Å². The molecule has 0 unspecified atom stereocenters. The lowest BCUT2D eigenvalue weighted by atomic mass is 10.2. The number of amides is 2. The van der Waals surface area contributed by atoms with Gasteiger partial charge < -0.3 is 15.7 Å². The van der Waals surface area contributed by atoms with Gasteiger partial charge >= 0.3 is 12.0 Å². The number of carboxylic acids is 1. The smallest absolute Gasteiger partial charge is 0.328 e. The summed E-state index contributed by atoms with van der Waals surface area (Å²) in [6.45, 7) is 0.343. The number of nitrogens with one attached hydrogen (secondary N) is 2. The summed E-state index contributed by atoms with van der Waals surface area (Å²) < 4.78 is 0. The summed E-state index contributed by atoms with van der Waals surface area (Å²) >= 11 is 1.46. The van der Waals surface area contributed by atoms with E-state index in [-0.39, 0.29) is 6.03 Å². The average Bonchev–Trinajstić information content (AvgIpc) is 2.91. The summed E-state index contributed by atoms with van der Waals surface area (Å²) in [5, 5.41) is 15.9. The van der Waals surface area contributed by atoms with E-state index in [1.807, 2.05) is 29.6 Å². The van der Waals surface area contributed by atoms with Crippen molar-refractivity contribution in [1.29, 1.82) is 0 Å². The van der Waals surface area contributed by atoms with Crippen molar-refractivity contribution in [3.8, 4) is 0 Å². The van der Waals surface area contributed by atoms with E-state index in [0.29, 0.717) is 12.2 Å². The number of thiophene rings is 1. The molecule has 1 aromatic heterocycles. The van der Waals surface area contributed by atoms with Crippen LogP contribution in [0, 0.1) is 0 Å². The summed E-state index contributed by atoms with van der Waals surface area (Å²) in [5.41, 5.74) is 1.51. The quantitative estimate of drug-likeness (QED) is 0.742. The lowest BCUT2D eigenvalue weighted by molar-refractivity contribution is -0.131. The number of carboxylic acid groups (broad SMARTS) is 1. The fraction of sp³-hybridized carbons (Fsp3) is 0.0667. The van der Waals surface area contributed by atoms with E-state index in [9.17, 15) is 9.59 Å². The first-order chi connectivity index (χ1) is 10.1. The van der Waals surface area contributed by atoms with Crippen molar-refractivity contribution in [2.75, 3.05) is 5.32 Å². The maximum absolute atomic E-state index is 11.8. The normalized spacial score (nSPS) is 10.5. The molecule has 1 heterocycles. The molecule has 2 rings (SSSR count). The van der Waals surface area contributed by atoms with E-state index in [0.717, 1.165) is 16.5 Å². The van der Waals surface area contributed by atoms with E-state index in [4.69, 9.17) is 5.11 Å². The highest BCUT2D eigenvalue weighted by Gasteiger charge is 2.05. The first-order valence-electron chi connectivity index (χ1n) is 6.22. The summed E-state index contributed by atoms with van der Waals surface area (Å²) in [6, 6.07) is 10.7. The Hall–Kier alpha value is -2.60. The molecule has 0 saturated heterocycles. The van der Waals surface area contributed by atoms with Gasteiger partial charge in [-0.3, -0.25) is 0 Å². The number of urea groups is 1. The van der Waals surface area contributed by atoms with Crippen LogP contribution < -0.4 is 10.6 Å². The highest BCUT2D eigenvalue weighted by Crippen LogP contribution is 2.18. The van der Waals surface area contributed by atoms with Gasteiger partial charge in [-0.25, -0.2) is 9.59 Å². The molecule has 0 radical (unpaired) electrons. The zero-order valence-electron chi connectivity index (χ0n) is 11.1. The molecule has 6 heteroatoms. The molecule has 1 aromatic carbocycles. The largest absolute Gasteiger partial charge is 0.478 e. The second-order valence-corrected chi connectivity index (χ2v) is 5.15. The predicted molar refractivity (Wildman–Crippen MR) is 83.3 cm³/mol. The molecule has 3 N–H and O–H groups in total. The maximum Gasteiger partial charge on any atom is 0.328 e. The molecule has 0 saturated carbocycles. The minimum atomic E-state index is -0.998. The van der Waals surface area contributed by atoms with Crippen LogP contribution in [-0.2, 0) is 11.3 Å². The number of para-hydroxylation sites is 1. The molecule has 0 aliphatic heterocycles. The number of anilines is 1. The third-order valence-electron chi connectivity index (χ3n) is 2.63. The molecule has 2 amide bonds. The molecule has 2 aromatic rings. The third kappa shape index (κ3) is 4.77. The first kappa shape index (κ1) is 14.8. The van der Waals surface area contributed by atoms with Gasteiger partial charge in [0.2, 0.25) is 0 Å². The van der Waals surface area contributed by atoms with Crippen molar-refractivity contribution in [3.63, 3.8) is 0 Å². The number of rotatable bonds is 5. The van der Waals surface area contributed by atoms with Crippen molar-refractivity contribution in [2.24, 2.45) is 0 Å². The fourth-order valence-corrected chi connectivity index (χ4v) is 2.47. The molecule has 108 valence electrons. The van der Waals surface area contributed by atoms with Crippen molar-refractivity contribution in [2.45, 2.75) is 6.54 Å². The summed E-state index contributed by atoms with van der Waals surface area (Å²) in [4.78, 5) is 23.2. The number of carbonyl (C=O) groups is 2. The molecule has 0 aliphatic carbocycles. The SMILES string of the molecule is O=C(O)/C=C/c1ccsc1CNC(=O)Nc1ccccc1. The zero-order chi connectivity index (χ0) is 15.1. The lowest BCUT2D eigenvalue weighted by Crippen LogP contribution is -2.28. The second-order valence-electron chi connectivity index (χ2n) is 4.14. The Balaban J connectivity index is 1.90. The maximum atomic E-state index is 11.8. The van der Waals surface area contributed by atoms with Gasteiger partial charge in [0, 0.05) is 16.6 Å². The van der Waals surface area contributed by atoms with E-state index in [2.05, 4.69) is 10.6 Å². The van der Waals surface area contributed by atoms with Gasteiger partial charge in [0.25, 0.3) is 0 Å². The average molecular weight is 302 g/mol. The van der Waals surface area contributed by atoms with E-state index in [1.54, 1.807) is 12.1 Å². The summed E-state index contributed by atoms with van der Waals surface area (Å²) in [5.74, 6) is -0.998. The standard InChI is InChI=1S/C15H14N2O3S/c18-14(19)7-6-11-8-9-21-13(11)10-16-15(20)17-12-4-2-1-3-5-12/h1-9H,10H2,(H,18,19)(H2,16,17,20)/b7-6+. The monoisotopic (exact) mass is 302 g/mol. The van der Waals surface area contributed by atoms with Crippen LogP contribution >= 0.6 is 11.3 Å². The second kappa shape index (κ2) is 7.25. The fourth-order valence-electron chi connectivity index (χ4n) is 1.66. The van der Waals surface area contributed by atoms with Crippen LogP contribution in [0.1, 0.15) is 10.4 Å². The van der Waals surface area contributed by atoms with Gasteiger partial charge in [-0.1, -0.05) is 18.2 Å². The van der Waals surface area contributed by atoms with Gasteiger partial charge in [0.05, 0.1) is 6.54 Å². The third-order valence-corrected chi connectivity index (χ3v) is 3.56. The van der Waals surface area contributed by atoms with Gasteiger partial charge in [0.1, 0.15) is 0 Å². The van der Waals surface area contributed by atoms with Gasteiger partial charge in [-0.2, -0.15) is 0 Å². The zero-order valence-corrected chi connectivity index (χ0v) is 11.9. The molecular formula is C15H14N2O3S. The Morgan fingerprint density at radius 2 is 1.95 bits per heavy atom. The van der Waals surface area contributed by atoms with Crippen LogP contribution in [0.2, 0.25) is 0 Å². The predicted octanol–water partition coefficient (Wildman–Crippen LogP) is 3.17. The number of hydrogen-bond acceptors (Lipinski definition) is 3. The van der Waals surface area contributed by atoms with Crippen LogP contribution in [0.15, 0.2) is 47.9 Å². The number of hydrogen-bond donors (Lipinski definition) is 3. The Morgan fingerprint density at radius 1 is 1.19 bits per heavy atom. The molecule has 5 nitrogen and oxygen atoms in total. The highest BCUT2D eigenvalue weighted by molar-refractivity contribution is 7.10. The number of aliphatic carboxylic acids is 1. The number of carbonyl (C=O) groups excluding carboxylic acids is 1. The molecule has 0 spiro atoms. The molecular weight excluding hydrogens is 288 g/mol. The minimum Gasteiger partial charge on any atom is -0.478 e. The molecule has 0 fully saturated rings. The Kier molecular flexibility index (Phi) is 5.11. The van der Waals surface area contributed by atoms with E-state index >= 15 is 0 Å². The van der Waals surface area contributed by atoms with Crippen molar-refractivity contribution in [3.05, 3.63) is 58.3 Å². The van der Waals surface area contributed by atoms with E-state index in [1.165, 1.54) is 17.4 Å². The van der Waals surface area contributed by atoms with Gasteiger partial charge in [0.15, 0.2) is 0 Å². The Bertz CT molecular complexity index is 650. The van der Waals surface area contributed by atoms with Crippen molar-refractivity contribution in [1.82, 2.24) is 5.32 Å².